The van der Waals surface area contributed by atoms with Gasteiger partial charge in [0.05, 0.1) is 17.3 Å². The number of rotatable bonds is 8. The molecule has 29 heavy (non-hydrogen) atoms. The standard InChI is InChI=1S/C19H25N7O2S/c1-12(29-19-22-23-24-26(19)14-8-9-14)18(28)21-15-6-3-2-5-13(15)11-25-10-4-7-16(25)17(20)27/h2-3,5-6,12,14,16H,4,7-11H2,1H3,(H2,20,27)(H,21,28). The van der Waals surface area contributed by atoms with Crippen LogP contribution in [0.2, 0.25) is 0 Å². The van der Waals surface area contributed by atoms with Gasteiger partial charge in [-0.05, 0) is 61.2 Å². The van der Waals surface area contributed by atoms with Crippen LogP contribution in [-0.2, 0) is 16.1 Å². The second-order valence-electron chi connectivity index (χ2n) is 7.57. The molecule has 1 aliphatic heterocycles. The molecule has 4 rings (SSSR count). The van der Waals surface area contributed by atoms with Crippen LogP contribution in [0.4, 0.5) is 5.69 Å². The summed E-state index contributed by atoms with van der Waals surface area (Å²) in [6.45, 7) is 3.25. The van der Waals surface area contributed by atoms with E-state index in [9.17, 15) is 9.59 Å². The number of thioether (sulfide) groups is 1. The molecule has 9 nitrogen and oxygen atoms in total. The van der Waals surface area contributed by atoms with Crippen LogP contribution in [-0.4, -0.2) is 54.8 Å². The first-order chi connectivity index (χ1) is 14.0. The Morgan fingerprint density at radius 1 is 1.31 bits per heavy atom. The smallest absolute Gasteiger partial charge is 0.237 e. The normalized spacial score (nSPS) is 20.5. The van der Waals surface area contributed by atoms with E-state index < -0.39 is 0 Å². The topological polar surface area (TPSA) is 119 Å². The van der Waals surface area contributed by atoms with E-state index in [2.05, 4.69) is 25.7 Å². The fourth-order valence-corrected chi connectivity index (χ4v) is 4.45. The van der Waals surface area contributed by atoms with Gasteiger partial charge in [-0.3, -0.25) is 14.5 Å². The Hall–Kier alpha value is -2.46. The van der Waals surface area contributed by atoms with Gasteiger partial charge in [0.15, 0.2) is 0 Å². The quantitative estimate of drug-likeness (QED) is 0.628. The zero-order valence-electron chi connectivity index (χ0n) is 16.3. The van der Waals surface area contributed by atoms with E-state index in [0.717, 1.165) is 43.5 Å². The molecule has 2 unspecified atom stereocenters. The van der Waals surface area contributed by atoms with Crippen LogP contribution in [0.15, 0.2) is 29.4 Å². The third kappa shape index (κ3) is 4.59. The molecule has 1 saturated carbocycles. The van der Waals surface area contributed by atoms with Crippen molar-refractivity contribution in [2.24, 2.45) is 5.73 Å². The molecule has 3 N–H and O–H groups in total. The number of carbonyl (C=O) groups excluding carboxylic acids is 2. The zero-order valence-corrected chi connectivity index (χ0v) is 17.1. The molecule has 0 bridgehead atoms. The Bertz CT molecular complexity index is 898. The van der Waals surface area contributed by atoms with E-state index in [4.69, 9.17) is 5.73 Å². The molecule has 2 aromatic rings. The van der Waals surface area contributed by atoms with Crippen molar-refractivity contribution in [1.29, 1.82) is 0 Å². The van der Waals surface area contributed by atoms with Gasteiger partial charge in [-0.1, -0.05) is 30.0 Å². The molecule has 2 fully saturated rings. The SMILES string of the molecule is CC(Sc1nnnn1C1CC1)C(=O)Nc1ccccc1CN1CCCC1C(N)=O. The van der Waals surface area contributed by atoms with Crippen molar-refractivity contribution in [2.45, 2.75) is 61.6 Å². The lowest BCUT2D eigenvalue weighted by atomic mass is 10.1. The number of benzene rings is 1. The van der Waals surface area contributed by atoms with Gasteiger partial charge in [0.25, 0.3) is 0 Å². The Morgan fingerprint density at radius 2 is 2.10 bits per heavy atom. The second-order valence-corrected chi connectivity index (χ2v) is 8.88. The molecule has 154 valence electrons. The average molecular weight is 416 g/mol. The number of carbonyl (C=O) groups is 2. The van der Waals surface area contributed by atoms with Crippen molar-refractivity contribution in [3.8, 4) is 0 Å². The maximum absolute atomic E-state index is 12.8. The van der Waals surface area contributed by atoms with Crippen molar-refractivity contribution >= 4 is 29.3 Å². The number of hydrogen-bond donors (Lipinski definition) is 2. The van der Waals surface area contributed by atoms with Gasteiger partial charge >= 0.3 is 0 Å². The summed E-state index contributed by atoms with van der Waals surface area (Å²) < 4.78 is 1.81. The fraction of sp³-hybridized carbons (Fsp3) is 0.526. The Kier molecular flexibility index (Phi) is 5.81. The maximum Gasteiger partial charge on any atom is 0.237 e. The van der Waals surface area contributed by atoms with Gasteiger partial charge in [-0.15, -0.1) is 5.10 Å². The van der Waals surface area contributed by atoms with E-state index in [1.54, 1.807) is 4.68 Å². The number of para-hydroxylation sites is 1. The monoisotopic (exact) mass is 415 g/mol. The number of amides is 2. The zero-order chi connectivity index (χ0) is 20.4. The summed E-state index contributed by atoms with van der Waals surface area (Å²) in [5, 5.41) is 15.2. The molecule has 2 heterocycles. The number of nitrogens with zero attached hydrogens (tertiary/aromatic N) is 5. The van der Waals surface area contributed by atoms with Crippen molar-refractivity contribution in [1.82, 2.24) is 25.1 Å². The van der Waals surface area contributed by atoms with Gasteiger partial charge < -0.3 is 11.1 Å². The highest BCUT2D eigenvalue weighted by molar-refractivity contribution is 8.00. The molecule has 2 atom stereocenters. The highest BCUT2D eigenvalue weighted by Crippen LogP contribution is 2.37. The first-order valence-corrected chi connectivity index (χ1v) is 10.8. The summed E-state index contributed by atoms with van der Waals surface area (Å²) in [4.78, 5) is 26.6. The largest absolute Gasteiger partial charge is 0.368 e. The van der Waals surface area contributed by atoms with Gasteiger partial charge in [0, 0.05) is 12.2 Å². The number of primary amides is 1. The summed E-state index contributed by atoms with van der Waals surface area (Å²) in [6.07, 6.45) is 3.89. The Morgan fingerprint density at radius 3 is 2.86 bits per heavy atom. The van der Waals surface area contributed by atoms with Gasteiger partial charge in [-0.2, -0.15) is 0 Å². The van der Waals surface area contributed by atoms with E-state index >= 15 is 0 Å². The number of hydrogen-bond acceptors (Lipinski definition) is 7. The molecular formula is C19H25N7O2S. The first-order valence-electron chi connectivity index (χ1n) is 9.89. The summed E-state index contributed by atoms with van der Waals surface area (Å²) in [7, 11) is 0. The van der Waals surface area contributed by atoms with Crippen LogP contribution >= 0.6 is 11.8 Å². The van der Waals surface area contributed by atoms with Crippen molar-refractivity contribution < 1.29 is 9.59 Å². The lowest BCUT2D eigenvalue weighted by Crippen LogP contribution is -2.39. The molecule has 1 aromatic carbocycles. The molecule has 1 saturated heterocycles. The summed E-state index contributed by atoms with van der Waals surface area (Å²) in [5.41, 5.74) is 7.25. The summed E-state index contributed by atoms with van der Waals surface area (Å²) in [5.74, 6) is -0.400. The average Bonchev–Trinajstić information content (AvgIpc) is 3.25. The molecule has 1 aliphatic carbocycles. The highest BCUT2D eigenvalue weighted by atomic mass is 32.2. The van der Waals surface area contributed by atoms with Crippen LogP contribution in [0.25, 0.3) is 0 Å². The Labute approximate surface area is 173 Å². The second kappa shape index (κ2) is 8.50. The van der Waals surface area contributed by atoms with Gasteiger partial charge in [0.2, 0.25) is 17.0 Å². The van der Waals surface area contributed by atoms with E-state index in [1.807, 2.05) is 31.2 Å². The third-order valence-corrected chi connectivity index (χ3v) is 6.39. The van der Waals surface area contributed by atoms with E-state index in [1.165, 1.54) is 11.8 Å². The molecule has 1 aromatic heterocycles. The molecule has 0 spiro atoms. The Balaban J connectivity index is 1.41. The molecular weight excluding hydrogens is 390 g/mol. The van der Waals surface area contributed by atoms with Crippen molar-refractivity contribution in [3.05, 3.63) is 29.8 Å². The predicted molar refractivity (Wildman–Crippen MR) is 109 cm³/mol. The van der Waals surface area contributed by atoms with Crippen LogP contribution in [0.3, 0.4) is 0 Å². The minimum Gasteiger partial charge on any atom is -0.368 e. The minimum atomic E-state index is -0.350. The molecule has 2 amide bonds. The third-order valence-electron chi connectivity index (χ3n) is 5.35. The number of anilines is 1. The number of nitrogens with one attached hydrogen (secondary N) is 1. The number of aromatic nitrogens is 4. The fourth-order valence-electron chi connectivity index (χ4n) is 3.59. The molecule has 0 radical (unpaired) electrons. The lowest BCUT2D eigenvalue weighted by molar-refractivity contribution is -0.122. The summed E-state index contributed by atoms with van der Waals surface area (Å²) >= 11 is 1.36. The minimum absolute atomic E-state index is 0.110. The van der Waals surface area contributed by atoms with Gasteiger partial charge in [-0.25, -0.2) is 4.68 Å². The van der Waals surface area contributed by atoms with Crippen molar-refractivity contribution in [3.63, 3.8) is 0 Å². The van der Waals surface area contributed by atoms with E-state index in [0.29, 0.717) is 17.7 Å². The maximum atomic E-state index is 12.8. The highest BCUT2D eigenvalue weighted by Gasteiger charge is 2.31. The first kappa shape index (κ1) is 19.8. The van der Waals surface area contributed by atoms with Crippen molar-refractivity contribution in [2.75, 3.05) is 11.9 Å². The number of nitrogens with two attached hydrogens (primary N) is 1. The lowest BCUT2D eigenvalue weighted by Gasteiger charge is -2.23. The molecule has 10 heteroatoms. The van der Waals surface area contributed by atoms with Gasteiger partial charge in [0.1, 0.15) is 0 Å². The number of likely N-dealkylation sites (tertiary alicyclic amines) is 1. The summed E-state index contributed by atoms with van der Waals surface area (Å²) in [6, 6.07) is 7.80. The predicted octanol–water partition coefficient (Wildman–Crippen LogP) is 1.58. The molecule has 2 aliphatic rings. The van der Waals surface area contributed by atoms with Crippen LogP contribution in [0.5, 0.6) is 0 Å². The number of tetrazole rings is 1. The van der Waals surface area contributed by atoms with Crippen LogP contribution < -0.4 is 11.1 Å². The van der Waals surface area contributed by atoms with Crippen LogP contribution in [0, 0.1) is 0 Å². The van der Waals surface area contributed by atoms with E-state index in [-0.39, 0.29) is 23.1 Å². The van der Waals surface area contributed by atoms with Crippen LogP contribution in [0.1, 0.15) is 44.2 Å².